The van der Waals surface area contributed by atoms with E-state index in [1.165, 1.54) is 31.5 Å². The predicted octanol–water partition coefficient (Wildman–Crippen LogP) is 6.90. The Balaban J connectivity index is 1.75. The number of fused-ring (bicyclic) bond motifs is 1. The van der Waals surface area contributed by atoms with Crippen LogP contribution in [0, 0.1) is 5.82 Å². The fourth-order valence-corrected chi connectivity index (χ4v) is 5.04. The van der Waals surface area contributed by atoms with E-state index in [1.54, 1.807) is 45.9 Å². The van der Waals surface area contributed by atoms with Crippen LogP contribution in [0.2, 0.25) is 0 Å². The van der Waals surface area contributed by atoms with Crippen LogP contribution in [0.25, 0.3) is 22.1 Å². The van der Waals surface area contributed by atoms with Crippen LogP contribution in [0.15, 0.2) is 53.3 Å². The zero-order valence-corrected chi connectivity index (χ0v) is 25.6. The minimum atomic E-state index is -4.75. The molecular formula is C31H32F4N2O6S. The van der Waals surface area contributed by atoms with Crippen molar-refractivity contribution in [3.8, 4) is 22.6 Å². The Labute approximate surface area is 255 Å². The summed E-state index contributed by atoms with van der Waals surface area (Å²) in [5.41, 5.74) is -0.532. The van der Waals surface area contributed by atoms with Gasteiger partial charge in [0.05, 0.1) is 32.4 Å². The molecule has 0 saturated carbocycles. The minimum absolute atomic E-state index is 0.0482. The lowest BCUT2D eigenvalue weighted by atomic mass is 9.98. The third-order valence-electron chi connectivity index (χ3n) is 6.53. The lowest BCUT2D eigenvalue weighted by Crippen LogP contribution is -2.39. The molecule has 0 spiro atoms. The molecule has 4 aromatic rings. The molecule has 2 aromatic heterocycles. The average Bonchev–Trinajstić information content (AvgIpc) is 3.40. The van der Waals surface area contributed by atoms with E-state index in [1.807, 2.05) is 0 Å². The second-order valence-corrected chi connectivity index (χ2v) is 12.8. The van der Waals surface area contributed by atoms with Gasteiger partial charge < -0.3 is 23.2 Å². The molecular weight excluding hydrogens is 604 g/mol. The highest BCUT2D eigenvalue weighted by atomic mass is 32.2. The van der Waals surface area contributed by atoms with Crippen molar-refractivity contribution >= 4 is 28.3 Å². The molecule has 0 aliphatic carbocycles. The van der Waals surface area contributed by atoms with Gasteiger partial charge in [0.15, 0.2) is 5.82 Å². The summed E-state index contributed by atoms with van der Waals surface area (Å²) < 4.78 is 93.8. The first-order valence-corrected chi connectivity index (χ1v) is 14.7. The van der Waals surface area contributed by atoms with Crippen molar-refractivity contribution in [3.63, 3.8) is 0 Å². The van der Waals surface area contributed by atoms with Gasteiger partial charge in [0.2, 0.25) is 0 Å². The summed E-state index contributed by atoms with van der Waals surface area (Å²) in [7, 11) is 1.45. The quantitative estimate of drug-likeness (QED) is 0.108. The van der Waals surface area contributed by atoms with Gasteiger partial charge in [0, 0.05) is 45.7 Å². The number of aromatic nitrogens is 1. The first-order chi connectivity index (χ1) is 20.7. The monoisotopic (exact) mass is 636 g/mol. The lowest BCUT2D eigenvalue weighted by molar-refractivity contribution is -0.142. The van der Waals surface area contributed by atoms with Gasteiger partial charge in [0.1, 0.15) is 40.3 Å². The summed E-state index contributed by atoms with van der Waals surface area (Å²) in [5, 5.41) is -0.282. The molecule has 8 nitrogen and oxygen atoms in total. The molecule has 0 radical (unpaired) electrons. The van der Waals surface area contributed by atoms with Gasteiger partial charge in [-0.25, -0.2) is 4.39 Å². The fourth-order valence-electron chi connectivity index (χ4n) is 4.34. The molecule has 2 aromatic carbocycles. The summed E-state index contributed by atoms with van der Waals surface area (Å²) in [5.74, 6) is -0.591. The van der Waals surface area contributed by atoms with E-state index in [0.717, 1.165) is 0 Å². The van der Waals surface area contributed by atoms with E-state index in [0.29, 0.717) is 17.6 Å². The van der Waals surface area contributed by atoms with Gasteiger partial charge in [-0.05, 0) is 57.5 Å². The smallest absolute Gasteiger partial charge is 0.420 e. The topological polar surface area (TPSA) is 106 Å². The van der Waals surface area contributed by atoms with Crippen molar-refractivity contribution in [2.75, 3.05) is 13.7 Å². The third kappa shape index (κ3) is 7.63. The molecule has 13 heteroatoms. The van der Waals surface area contributed by atoms with Crippen molar-refractivity contribution in [3.05, 3.63) is 77.1 Å². The molecule has 1 atom stereocenters. The number of carbonyl (C=O) groups excluding carboxylic acids is 1. The van der Waals surface area contributed by atoms with Crippen LogP contribution in [0.1, 0.15) is 50.1 Å². The normalized spacial score (nSPS) is 12.8. The predicted molar refractivity (Wildman–Crippen MR) is 157 cm³/mol. The van der Waals surface area contributed by atoms with Crippen LogP contribution in [0.5, 0.6) is 11.5 Å². The Morgan fingerprint density at radius 1 is 1.11 bits per heavy atom. The minimum Gasteiger partial charge on any atom is -0.598 e. The zero-order valence-electron chi connectivity index (χ0n) is 24.8. The Morgan fingerprint density at radius 3 is 2.52 bits per heavy atom. The number of nitrogens with zero attached hydrogens (tertiary/aromatic N) is 1. The second kappa shape index (κ2) is 13.4. The highest BCUT2D eigenvalue weighted by molar-refractivity contribution is 7.90. The SMILES string of the molecule is CCOC(=O)Cc1ccc(OC)cc1OCc1cc(-c2ccnc(CN[S@+]([O-])C(C)(C)C)c2F)c2occ(C(F)(F)F)c2c1. The van der Waals surface area contributed by atoms with Crippen LogP contribution in [0.4, 0.5) is 17.6 Å². The maximum absolute atomic E-state index is 15.8. The number of methoxy groups -OCH3 is 1. The Kier molecular flexibility index (Phi) is 10.1. The average molecular weight is 637 g/mol. The van der Waals surface area contributed by atoms with Crippen molar-refractivity contribution in [2.24, 2.45) is 0 Å². The molecule has 236 valence electrons. The van der Waals surface area contributed by atoms with Crippen LogP contribution >= 0.6 is 0 Å². The number of hydrogen-bond donors (Lipinski definition) is 1. The number of halogens is 4. The van der Waals surface area contributed by atoms with Crippen LogP contribution in [-0.4, -0.2) is 34.0 Å². The van der Waals surface area contributed by atoms with Crippen molar-refractivity contribution in [2.45, 2.75) is 58.2 Å². The molecule has 0 aliphatic heterocycles. The molecule has 0 aliphatic rings. The number of ether oxygens (including phenoxy) is 3. The molecule has 0 bridgehead atoms. The number of esters is 1. The van der Waals surface area contributed by atoms with E-state index < -0.39 is 39.6 Å². The maximum atomic E-state index is 15.8. The van der Waals surface area contributed by atoms with E-state index >= 15 is 4.39 Å². The number of furan rings is 1. The first-order valence-electron chi connectivity index (χ1n) is 13.6. The van der Waals surface area contributed by atoms with E-state index in [4.69, 9.17) is 18.6 Å². The second-order valence-electron chi connectivity index (χ2n) is 10.7. The van der Waals surface area contributed by atoms with Gasteiger partial charge in [0.25, 0.3) is 0 Å². The summed E-state index contributed by atoms with van der Waals surface area (Å²) in [4.78, 5) is 16.2. The summed E-state index contributed by atoms with van der Waals surface area (Å²) in [6, 6.07) is 8.89. The number of benzene rings is 2. The van der Waals surface area contributed by atoms with Crippen molar-refractivity contribution in [1.29, 1.82) is 0 Å². The summed E-state index contributed by atoms with van der Waals surface area (Å²) >= 11 is -1.52. The molecule has 1 N–H and O–H groups in total. The molecule has 0 saturated heterocycles. The van der Waals surface area contributed by atoms with Gasteiger partial charge in [-0.2, -0.15) is 13.2 Å². The molecule has 0 amide bonds. The molecule has 2 heterocycles. The summed E-state index contributed by atoms with van der Waals surface area (Å²) in [6.45, 7) is 6.71. The Hall–Kier alpha value is -3.81. The highest BCUT2D eigenvalue weighted by Crippen LogP contribution is 2.41. The first kappa shape index (κ1) is 33.1. The molecule has 0 fully saturated rings. The van der Waals surface area contributed by atoms with Crippen molar-refractivity contribution in [1.82, 2.24) is 9.71 Å². The van der Waals surface area contributed by atoms with Crippen molar-refractivity contribution < 1.29 is 45.5 Å². The van der Waals surface area contributed by atoms with Crippen LogP contribution in [0.3, 0.4) is 0 Å². The van der Waals surface area contributed by atoms with Crippen LogP contribution in [-0.2, 0) is 46.6 Å². The van der Waals surface area contributed by atoms with Gasteiger partial charge in [-0.3, -0.25) is 9.78 Å². The third-order valence-corrected chi connectivity index (χ3v) is 8.05. The number of hydrogen-bond acceptors (Lipinski definition) is 8. The van der Waals surface area contributed by atoms with Gasteiger partial charge in [-0.1, -0.05) is 6.07 Å². The Morgan fingerprint density at radius 2 is 1.86 bits per heavy atom. The zero-order chi connectivity index (χ0) is 32.2. The van der Waals surface area contributed by atoms with Gasteiger partial charge >= 0.3 is 12.1 Å². The van der Waals surface area contributed by atoms with E-state index in [9.17, 15) is 22.5 Å². The van der Waals surface area contributed by atoms with Crippen LogP contribution < -0.4 is 14.2 Å². The number of rotatable bonds is 11. The maximum Gasteiger partial charge on any atom is 0.420 e. The highest BCUT2D eigenvalue weighted by Gasteiger charge is 2.36. The molecule has 0 unspecified atom stereocenters. The van der Waals surface area contributed by atoms with E-state index in [2.05, 4.69) is 9.71 Å². The number of pyridine rings is 1. The lowest BCUT2D eigenvalue weighted by Gasteiger charge is -2.23. The van der Waals surface area contributed by atoms with Gasteiger partial charge in [-0.15, -0.1) is 4.72 Å². The number of alkyl halides is 3. The van der Waals surface area contributed by atoms with E-state index in [-0.39, 0.29) is 65.3 Å². The molecule has 4 rings (SSSR count). The molecule has 44 heavy (non-hydrogen) atoms. The summed E-state index contributed by atoms with van der Waals surface area (Å²) in [6.07, 6.45) is -2.94. The largest absolute Gasteiger partial charge is 0.598 e. The standard InChI is InChI=1S/C31H32F4N2O6S/c1-6-41-27(38)13-19-7-8-20(40-5)14-26(19)42-16-18-11-22(29-23(12-18)24(17-43-29)31(33,34)35)21-9-10-36-25(28(21)32)15-37-44(39)30(2,3)4/h7-12,14,17,37H,6,13,15-16H2,1-5H3/t44-/m1/s1. The number of carbonyl (C=O) groups is 1. The fraction of sp³-hybridized carbons (Fsp3) is 0.355. The Bertz CT molecular complexity index is 1630. The number of nitrogens with one attached hydrogen (secondary N) is 1.